The van der Waals surface area contributed by atoms with Crippen molar-refractivity contribution in [3.05, 3.63) is 0 Å². The van der Waals surface area contributed by atoms with Crippen molar-refractivity contribution in [3.63, 3.8) is 0 Å². The number of carboxylic acids is 2. The van der Waals surface area contributed by atoms with Gasteiger partial charge in [0.2, 0.25) is 0 Å². The highest BCUT2D eigenvalue weighted by atomic mass is 16.4. The maximum atomic E-state index is 12.6. The lowest BCUT2D eigenvalue weighted by Gasteiger charge is -2.33. The number of aliphatic carboxylic acids is 2. The zero-order valence-electron chi connectivity index (χ0n) is 22.6. The molecule has 2 unspecified atom stereocenters. The molecule has 0 saturated carbocycles. The second-order valence-corrected chi connectivity index (χ2v) is 13.1. The van der Waals surface area contributed by atoms with Crippen molar-refractivity contribution in [2.45, 2.75) is 139 Å². The van der Waals surface area contributed by atoms with E-state index in [0.717, 1.165) is 70.6 Å². The minimum absolute atomic E-state index is 0.233. The van der Waals surface area contributed by atoms with Crippen LogP contribution in [0.1, 0.15) is 139 Å². The van der Waals surface area contributed by atoms with Crippen LogP contribution >= 0.6 is 0 Å². The molecule has 0 heterocycles. The Balaban J connectivity index is 5.03. The fourth-order valence-electron chi connectivity index (χ4n) is 5.31. The van der Waals surface area contributed by atoms with E-state index in [1.807, 2.05) is 0 Å². The summed E-state index contributed by atoms with van der Waals surface area (Å²) in [7, 11) is 0. The number of carboxylic acid groups (broad SMARTS) is 2. The molecule has 0 saturated heterocycles. The van der Waals surface area contributed by atoms with Crippen LogP contribution in [0.5, 0.6) is 0 Å². The first-order chi connectivity index (χ1) is 14.6. The predicted octanol–water partition coefficient (Wildman–Crippen LogP) is 8.58. The van der Waals surface area contributed by atoms with Crippen LogP contribution < -0.4 is 0 Å². The molecule has 2 N–H and O–H groups in total. The Hall–Kier alpha value is -1.06. The normalized spacial score (nSPS) is 16.4. The highest BCUT2D eigenvalue weighted by molar-refractivity contribution is 5.74. The van der Waals surface area contributed by atoms with E-state index >= 15 is 0 Å². The van der Waals surface area contributed by atoms with Gasteiger partial charge in [-0.25, -0.2) is 0 Å². The van der Waals surface area contributed by atoms with Gasteiger partial charge < -0.3 is 10.2 Å². The Labute approximate surface area is 199 Å². The molecule has 2 atom stereocenters. The summed E-state index contributed by atoms with van der Waals surface area (Å²) in [6.07, 6.45) is 11.2. The number of unbranched alkanes of at least 4 members (excludes halogenated alkanes) is 4. The third-order valence-electron chi connectivity index (χ3n) is 6.65. The third kappa shape index (κ3) is 15.7. The monoisotopic (exact) mass is 454 g/mol. The highest BCUT2D eigenvalue weighted by Crippen LogP contribution is 2.41. The molecule has 0 aromatic rings. The molecule has 0 aromatic carbocycles. The average Bonchev–Trinajstić information content (AvgIpc) is 2.59. The summed E-state index contributed by atoms with van der Waals surface area (Å²) in [4.78, 5) is 23.2. The van der Waals surface area contributed by atoms with Crippen LogP contribution in [0, 0.1) is 28.1 Å². The van der Waals surface area contributed by atoms with Gasteiger partial charge >= 0.3 is 11.9 Å². The molecule has 0 amide bonds. The van der Waals surface area contributed by atoms with Gasteiger partial charge in [-0.15, -0.1) is 0 Å². The van der Waals surface area contributed by atoms with Crippen molar-refractivity contribution in [2.24, 2.45) is 28.1 Å². The van der Waals surface area contributed by atoms with Gasteiger partial charge in [0.1, 0.15) is 0 Å². The first-order valence-corrected chi connectivity index (χ1v) is 13.0. The van der Waals surface area contributed by atoms with E-state index in [0.29, 0.717) is 18.3 Å². The largest absolute Gasteiger partial charge is 0.481 e. The van der Waals surface area contributed by atoms with Crippen molar-refractivity contribution >= 4 is 11.9 Å². The minimum atomic E-state index is -0.733. The van der Waals surface area contributed by atoms with Crippen molar-refractivity contribution in [3.8, 4) is 0 Å². The molecular weight excluding hydrogens is 400 g/mol. The molecule has 0 rings (SSSR count). The fourth-order valence-corrected chi connectivity index (χ4v) is 5.31. The zero-order chi connectivity index (χ0) is 25.0. The number of carbonyl (C=O) groups is 2. The van der Waals surface area contributed by atoms with Crippen LogP contribution in [0.25, 0.3) is 0 Å². The molecule has 190 valence electrons. The van der Waals surface area contributed by atoms with Crippen molar-refractivity contribution in [2.75, 3.05) is 0 Å². The number of hydrogen-bond donors (Lipinski definition) is 2. The highest BCUT2D eigenvalue weighted by Gasteiger charge is 2.38. The van der Waals surface area contributed by atoms with Gasteiger partial charge in [-0.2, -0.15) is 0 Å². The maximum Gasteiger partial charge on any atom is 0.309 e. The summed E-state index contributed by atoms with van der Waals surface area (Å²) in [5.41, 5.74) is -0.0930. The molecule has 4 heteroatoms. The average molecular weight is 455 g/mol. The van der Waals surface area contributed by atoms with E-state index in [-0.39, 0.29) is 17.3 Å². The molecule has 0 radical (unpaired) electrons. The Bertz CT molecular complexity index is 513. The molecule has 4 nitrogen and oxygen atoms in total. The van der Waals surface area contributed by atoms with E-state index < -0.39 is 17.4 Å². The molecule has 0 fully saturated rings. The molecule has 0 aliphatic carbocycles. The van der Waals surface area contributed by atoms with Crippen LogP contribution in [-0.2, 0) is 9.59 Å². The second kappa shape index (κ2) is 14.3. The standard InChI is InChI=1S/C28H54O4/c1-22(20-26(3,4)5)15-18-28(25(31)32,19-16-23(2)21-27(6,7)8)17-13-11-9-10-12-14-24(29)30/h22-23H,9-21H2,1-8H3,(H,29,30)(H,31,32). The van der Waals surface area contributed by atoms with E-state index in [1.54, 1.807) is 0 Å². The first kappa shape index (κ1) is 30.9. The Morgan fingerprint density at radius 1 is 0.656 bits per heavy atom. The lowest BCUT2D eigenvalue weighted by molar-refractivity contribution is -0.151. The Kier molecular flexibility index (Phi) is 13.8. The smallest absolute Gasteiger partial charge is 0.309 e. The summed E-state index contributed by atoms with van der Waals surface area (Å²) < 4.78 is 0. The van der Waals surface area contributed by atoms with E-state index in [9.17, 15) is 14.7 Å². The van der Waals surface area contributed by atoms with E-state index in [4.69, 9.17) is 5.11 Å². The van der Waals surface area contributed by atoms with Crippen LogP contribution in [0.2, 0.25) is 0 Å². The summed E-state index contributed by atoms with van der Waals surface area (Å²) in [6, 6.07) is 0. The first-order valence-electron chi connectivity index (χ1n) is 13.0. The predicted molar refractivity (Wildman–Crippen MR) is 135 cm³/mol. The summed E-state index contributed by atoms with van der Waals surface area (Å²) in [5.74, 6) is -0.300. The van der Waals surface area contributed by atoms with Crippen molar-refractivity contribution in [1.82, 2.24) is 0 Å². The molecule has 0 aliphatic rings. The summed E-state index contributed by atoms with van der Waals surface area (Å²) in [6.45, 7) is 18.1. The fraction of sp³-hybridized carbons (Fsp3) is 0.929. The van der Waals surface area contributed by atoms with Crippen LogP contribution in [0.15, 0.2) is 0 Å². The SMILES string of the molecule is CC(CCC(CCCCCCCC(=O)O)(CCC(C)CC(C)(C)C)C(=O)O)CC(C)(C)C. The van der Waals surface area contributed by atoms with Gasteiger partial charge in [0.25, 0.3) is 0 Å². The van der Waals surface area contributed by atoms with Crippen LogP contribution in [-0.4, -0.2) is 22.2 Å². The molecule has 0 aromatic heterocycles. The van der Waals surface area contributed by atoms with Crippen LogP contribution in [0.3, 0.4) is 0 Å². The zero-order valence-corrected chi connectivity index (χ0v) is 22.6. The summed E-state index contributed by atoms with van der Waals surface area (Å²) >= 11 is 0. The maximum absolute atomic E-state index is 12.6. The van der Waals surface area contributed by atoms with Gasteiger partial charge in [0.05, 0.1) is 5.41 Å². The van der Waals surface area contributed by atoms with Gasteiger partial charge in [-0.3, -0.25) is 9.59 Å². The van der Waals surface area contributed by atoms with Crippen molar-refractivity contribution in [1.29, 1.82) is 0 Å². The quantitative estimate of drug-likeness (QED) is 0.216. The van der Waals surface area contributed by atoms with E-state index in [1.165, 1.54) is 0 Å². The van der Waals surface area contributed by atoms with Crippen molar-refractivity contribution < 1.29 is 19.8 Å². The molecular formula is C28H54O4. The molecule has 0 bridgehead atoms. The molecule has 0 aliphatic heterocycles. The van der Waals surface area contributed by atoms with Gasteiger partial charge in [0.15, 0.2) is 0 Å². The lowest BCUT2D eigenvalue weighted by atomic mass is 9.70. The van der Waals surface area contributed by atoms with Crippen LogP contribution in [0.4, 0.5) is 0 Å². The van der Waals surface area contributed by atoms with Gasteiger partial charge in [0, 0.05) is 6.42 Å². The minimum Gasteiger partial charge on any atom is -0.481 e. The lowest BCUT2D eigenvalue weighted by Crippen LogP contribution is -2.33. The number of hydrogen-bond acceptors (Lipinski definition) is 2. The van der Waals surface area contributed by atoms with Gasteiger partial charge in [-0.05, 0) is 74.0 Å². The van der Waals surface area contributed by atoms with Gasteiger partial charge in [-0.1, -0.05) is 81.1 Å². The third-order valence-corrected chi connectivity index (χ3v) is 6.65. The topological polar surface area (TPSA) is 74.6 Å². The molecule has 32 heavy (non-hydrogen) atoms. The summed E-state index contributed by atoms with van der Waals surface area (Å²) in [5, 5.41) is 19.1. The Morgan fingerprint density at radius 3 is 1.44 bits per heavy atom. The molecule has 0 spiro atoms. The second-order valence-electron chi connectivity index (χ2n) is 13.1. The Morgan fingerprint density at radius 2 is 1.06 bits per heavy atom. The van der Waals surface area contributed by atoms with E-state index in [2.05, 4.69) is 55.4 Å². The number of rotatable bonds is 17.